The molecule has 1 aliphatic heterocycles. The van der Waals surface area contributed by atoms with Gasteiger partial charge in [-0.05, 0) is 57.2 Å². The van der Waals surface area contributed by atoms with Gasteiger partial charge >= 0.3 is 6.09 Å². The molecule has 1 aromatic heterocycles. The van der Waals surface area contributed by atoms with E-state index in [1.54, 1.807) is 29.3 Å². The topological polar surface area (TPSA) is 74.8 Å². The maximum absolute atomic E-state index is 12.3. The lowest BCUT2D eigenvalue weighted by Gasteiger charge is -2.36. The van der Waals surface area contributed by atoms with Crippen LogP contribution in [0.2, 0.25) is 0 Å². The van der Waals surface area contributed by atoms with Gasteiger partial charge in [-0.25, -0.2) is 9.78 Å². The van der Waals surface area contributed by atoms with E-state index in [9.17, 15) is 9.59 Å². The number of benzene rings is 1. The summed E-state index contributed by atoms with van der Waals surface area (Å²) in [5.74, 6) is 0.290. The first-order valence-corrected chi connectivity index (χ1v) is 10.3. The van der Waals surface area contributed by atoms with Crippen molar-refractivity contribution in [2.24, 2.45) is 0 Å². The third kappa shape index (κ3) is 5.93. The summed E-state index contributed by atoms with van der Waals surface area (Å²) in [6.45, 7) is 8.18. The lowest BCUT2D eigenvalue weighted by atomic mass is 10.2. The Hall–Kier alpha value is -2.61. The minimum atomic E-state index is -0.491. The first kappa shape index (κ1) is 21.1. The van der Waals surface area contributed by atoms with Crippen molar-refractivity contribution in [2.75, 3.05) is 36.4 Å². The minimum absolute atomic E-state index is 0.205. The van der Waals surface area contributed by atoms with Gasteiger partial charge in [0, 0.05) is 36.2 Å². The fourth-order valence-corrected chi connectivity index (χ4v) is 3.17. The fourth-order valence-electron chi connectivity index (χ4n) is 2.91. The molecule has 0 saturated carbocycles. The number of anilines is 2. The highest BCUT2D eigenvalue weighted by atomic mass is 79.9. The Kier molecular flexibility index (Phi) is 6.42. The third-order valence-corrected chi connectivity index (χ3v) is 4.92. The maximum Gasteiger partial charge on any atom is 0.410 e. The summed E-state index contributed by atoms with van der Waals surface area (Å²) in [5, 5.41) is 2.80. The highest BCUT2D eigenvalue weighted by Gasteiger charge is 2.26. The summed E-state index contributed by atoms with van der Waals surface area (Å²) < 4.78 is 6.35. The maximum atomic E-state index is 12.3. The SMILES string of the molecule is CC(C)(C)OC(=O)N1CCN(c2ccc(NC(=O)c3ccc(Br)cc3)nc2)CC1. The van der Waals surface area contributed by atoms with Crippen LogP contribution in [-0.4, -0.2) is 53.7 Å². The number of rotatable bonds is 3. The van der Waals surface area contributed by atoms with E-state index < -0.39 is 5.60 Å². The summed E-state index contributed by atoms with van der Waals surface area (Å²) >= 11 is 3.35. The Morgan fingerprint density at radius 1 is 1.03 bits per heavy atom. The zero-order valence-electron chi connectivity index (χ0n) is 16.8. The van der Waals surface area contributed by atoms with E-state index in [2.05, 4.69) is 31.1 Å². The second kappa shape index (κ2) is 8.82. The summed E-state index contributed by atoms with van der Waals surface area (Å²) in [4.78, 5) is 32.7. The van der Waals surface area contributed by atoms with Gasteiger partial charge in [-0.15, -0.1) is 0 Å². The molecule has 0 unspecified atom stereocenters. The number of amides is 2. The zero-order chi connectivity index (χ0) is 21.0. The molecule has 154 valence electrons. The number of hydrogen-bond acceptors (Lipinski definition) is 5. The number of ether oxygens (including phenoxy) is 1. The molecule has 2 aromatic rings. The van der Waals surface area contributed by atoms with Gasteiger partial charge in [0.15, 0.2) is 0 Å². The average Bonchev–Trinajstić information content (AvgIpc) is 2.68. The Balaban J connectivity index is 1.54. The number of halogens is 1. The number of nitrogens with one attached hydrogen (secondary N) is 1. The second-order valence-electron chi connectivity index (χ2n) is 7.82. The molecule has 1 aliphatic rings. The molecule has 3 rings (SSSR count). The minimum Gasteiger partial charge on any atom is -0.444 e. The summed E-state index contributed by atoms with van der Waals surface area (Å²) in [7, 11) is 0. The van der Waals surface area contributed by atoms with Crippen molar-refractivity contribution in [3.63, 3.8) is 0 Å². The van der Waals surface area contributed by atoms with Crippen LogP contribution in [0, 0.1) is 0 Å². The second-order valence-corrected chi connectivity index (χ2v) is 8.73. The van der Waals surface area contributed by atoms with Crippen LogP contribution in [0.5, 0.6) is 0 Å². The Labute approximate surface area is 179 Å². The number of aromatic nitrogens is 1. The molecule has 0 aliphatic carbocycles. The lowest BCUT2D eigenvalue weighted by molar-refractivity contribution is 0.0240. The quantitative estimate of drug-likeness (QED) is 0.744. The van der Waals surface area contributed by atoms with Crippen molar-refractivity contribution >= 4 is 39.4 Å². The Morgan fingerprint density at radius 3 is 2.24 bits per heavy atom. The third-order valence-electron chi connectivity index (χ3n) is 4.39. The number of piperazine rings is 1. The van der Waals surface area contributed by atoms with Crippen LogP contribution in [0.1, 0.15) is 31.1 Å². The van der Waals surface area contributed by atoms with Gasteiger partial charge in [-0.1, -0.05) is 15.9 Å². The Bertz CT molecular complexity index is 855. The first-order valence-electron chi connectivity index (χ1n) is 9.47. The van der Waals surface area contributed by atoms with Crippen LogP contribution in [0.4, 0.5) is 16.3 Å². The standard InChI is InChI=1S/C21H25BrN4O3/c1-21(2,3)29-20(28)26-12-10-25(11-13-26)17-8-9-18(23-14-17)24-19(27)15-4-6-16(22)7-5-15/h4-9,14H,10-13H2,1-3H3,(H,23,24,27). The lowest BCUT2D eigenvalue weighted by Crippen LogP contribution is -2.50. The van der Waals surface area contributed by atoms with Gasteiger partial charge in [0.25, 0.3) is 5.91 Å². The van der Waals surface area contributed by atoms with E-state index in [0.717, 1.165) is 10.2 Å². The molecule has 0 atom stereocenters. The van der Waals surface area contributed by atoms with E-state index in [4.69, 9.17) is 4.74 Å². The number of carbonyl (C=O) groups excluding carboxylic acids is 2. The van der Waals surface area contributed by atoms with Crippen LogP contribution in [-0.2, 0) is 4.74 Å². The van der Waals surface area contributed by atoms with Crippen molar-refractivity contribution in [3.8, 4) is 0 Å². The summed E-state index contributed by atoms with van der Waals surface area (Å²) in [5.41, 5.74) is 1.03. The molecule has 0 spiro atoms. The molecule has 29 heavy (non-hydrogen) atoms. The van der Waals surface area contributed by atoms with E-state index >= 15 is 0 Å². The van der Waals surface area contributed by atoms with E-state index in [1.165, 1.54) is 0 Å². The number of pyridine rings is 1. The van der Waals surface area contributed by atoms with Crippen LogP contribution < -0.4 is 10.2 Å². The molecule has 1 saturated heterocycles. The van der Waals surface area contributed by atoms with Crippen molar-refractivity contribution in [1.29, 1.82) is 0 Å². The molecule has 7 nitrogen and oxygen atoms in total. The van der Waals surface area contributed by atoms with Crippen LogP contribution in [0.3, 0.4) is 0 Å². The monoisotopic (exact) mass is 460 g/mol. The largest absolute Gasteiger partial charge is 0.444 e. The summed E-state index contributed by atoms with van der Waals surface area (Å²) in [6.07, 6.45) is 1.46. The molecule has 8 heteroatoms. The molecule has 0 radical (unpaired) electrons. The van der Waals surface area contributed by atoms with Gasteiger partial charge < -0.3 is 19.9 Å². The van der Waals surface area contributed by atoms with Crippen molar-refractivity contribution in [1.82, 2.24) is 9.88 Å². The van der Waals surface area contributed by atoms with Gasteiger partial charge in [-0.2, -0.15) is 0 Å². The molecule has 2 amide bonds. The van der Waals surface area contributed by atoms with Crippen molar-refractivity contribution < 1.29 is 14.3 Å². The zero-order valence-corrected chi connectivity index (χ0v) is 18.4. The highest BCUT2D eigenvalue weighted by Crippen LogP contribution is 2.19. The molecule has 1 aromatic carbocycles. The van der Waals surface area contributed by atoms with E-state index in [1.807, 2.05) is 39.0 Å². The molecule has 2 heterocycles. The van der Waals surface area contributed by atoms with Crippen LogP contribution >= 0.6 is 15.9 Å². The van der Waals surface area contributed by atoms with Crippen molar-refractivity contribution in [3.05, 3.63) is 52.6 Å². The van der Waals surface area contributed by atoms with Gasteiger partial charge in [-0.3, -0.25) is 4.79 Å². The predicted molar refractivity (Wildman–Crippen MR) is 116 cm³/mol. The van der Waals surface area contributed by atoms with E-state index in [0.29, 0.717) is 37.6 Å². The molecular weight excluding hydrogens is 436 g/mol. The number of hydrogen-bond donors (Lipinski definition) is 1. The van der Waals surface area contributed by atoms with Gasteiger partial charge in [0.2, 0.25) is 0 Å². The highest BCUT2D eigenvalue weighted by molar-refractivity contribution is 9.10. The predicted octanol–water partition coefficient (Wildman–Crippen LogP) is 4.15. The normalized spacial score (nSPS) is 14.5. The van der Waals surface area contributed by atoms with Gasteiger partial charge in [0.05, 0.1) is 11.9 Å². The summed E-state index contributed by atoms with van der Waals surface area (Å²) in [6, 6.07) is 10.8. The molecule has 1 N–H and O–H groups in total. The first-order chi connectivity index (χ1) is 13.7. The Morgan fingerprint density at radius 2 is 1.69 bits per heavy atom. The molecule has 1 fully saturated rings. The molecule has 0 bridgehead atoms. The fraction of sp³-hybridized carbons (Fsp3) is 0.381. The average molecular weight is 461 g/mol. The van der Waals surface area contributed by atoms with E-state index in [-0.39, 0.29) is 12.0 Å². The van der Waals surface area contributed by atoms with Gasteiger partial charge in [0.1, 0.15) is 11.4 Å². The molecular formula is C21H25BrN4O3. The number of nitrogens with zero attached hydrogens (tertiary/aromatic N) is 3. The smallest absolute Gasteiger partial charge is 0.410 e. The number of carbonyl (C=O) groups is 2. The van der Waals surface area contributed by atoms with Crippen LogP contribution in [0.25, 0.3) is 0 Å². The van der Waals surface area contributed by atoms with Crippen LogP contribution in [0.15, 0.2) is 47.1 Å². The van der Waals surface area contributed by atoms with Crippen molar-refractivity contribution in [2.45, 2.75) is 26.4 Å².